The van der Waals surface area contributed by atoms with Crippen molar-refractivity contribution in [2.45, 2.75) is 17.7 Å². The molecule has 2 N–H and O–H groups in total. The number of nitrogens with one attached hydrogen (secondary N) is 1. The molecule has 2 heterocycles. The van der Waals surface area contributed by atoms with Crippen LogP contribution in [0, 0.1) is 0 Å². The van der Waals surface area contributed by atoms with Gasteiger partial charge in [-0.15, -0.1) is 5.10 Å². The molecule has 0 aliphatic carbocycles. The fourth-order valence-corrected chi connectivity index (χ4v) is 2.89. The van der Waals surface area contributed by atoms with Crippen LogP contribution in [0.1, 0.15) is 0 Å². The standard InChI is InChI=1S/C11H19N5O3S/c1-14-3-4-15(2)8(5-14)6-16-10(19)12-13-11(16)20-7-9(17)18/h8H,3-7H2,1-2H3,(H,12,19)(H,17,18). The van der Waals surface area contributed by atoms with Crippen LogP contribution < -0.4 is 5.69 Å². The van der Waals surface area contributed by atoms with E-state index in [0.29, 0.717) is 11.7 Å². The van der Waals surface area contributed by atoms with Crippen LogP contribution in [-0.4, -0.2) is 81.2 Å². The van der Waals surface area contributed by atoms with Crippen LogP contribution in [0.5, 0.6) is 0 Å². The smallest absolute Gasteiger partial charge is 0.344 e. The summed E-state index contributed by atoms with van der Waals surface area (Å²) in [7, 11) is 4.09. The number of rotatable bonds is 5. The van der Waals surface area contributed by atoms with Gasteiger partial charge in [-0.25, -0.2) is 9.89 Å². The van der Waals surface area contributed by atoms with Crippen molar-refractivity contribution in [1.82, 2.24) is 24.6 Å². The average Bonchev–Trinajstić information content (AvgIpc) is 2.73. The number of piperazine rings is 1. The molecule has 1 aromatic heterocycles. The third-order valence-corrected chi connectivity index (χ3v) is 4.38. The van der Waals surface area contributed by atoms with Crippen LogP contribution in [0.25, 0.3) is 0 Å². The van der Waals surface area contributed by atoms with E-state index in [0.717, 1.165) is 31.4 Å². The van der Waals surface area contributed by atoms with E-state index in [1.165, 1.54) is 4.57 Å². The predicted octanol–water partition coefficient (Wildman–Crippen LogP) is -1.01. The summed E-state index contributed by atoms with van der Waals surface area (Å²) < 4.78 is 1.52. The maximum Gasteiger partial charge on any atom is 0.344 e. The third-order valence-electron chi connectivity index (χ3n) is 3.42. The average molecular weight is 301 g/mol. The molecular formula is C11H19N5O3S. The summed E-state index contributed by atoms with van der Waals surface area (Å²) in [5.41, 5.74) is -0.292. The summed E-state index contributed by atoms with van der Waals surface area (Å²) in [5.74, 6) is -1.03. The highest BCUT2D eigenvalue weighted by Crippen LogP contribution is 2.15. The number of hydrogen-bond acceptors (Lipinski definition) is 6. The van der Waals surface area contributed by atoms with Gasteiger partial charge < -0.3 is 10.0 Å². The van der Waals surface area contributed by atoms with Gasteiger partial charge in [-0.3, -0.25) is 14.3 Å². The highest BCUT2D eigenvalue weighted by atomic mass is 32.2. The van der Waals surface area contributed by atoms with E-state index in [4.69, 9.17) is 5.11 Å². The number of carboxylic acid groups (broad SMARTS) is 1. The monoisotopic (exact) mass is 301 g/mol. The van der Waals surface area contributed by atoms with E-state index in [1.807, 2.05) is 7.05 Å². The summed E-state index contributed by atoms with van der Waals surface area (Å²) in [4.78, 5) is 26.8. The number of aromatic nitrogens is 3. The topological polar surface area (TPSA) is 94.5 Å². The molecule has 1 aliphatic rings. The van der Waals surface area contributed by atoms with E-state index in [-0.39, 0.29) is 17.5 Å². The van der Waals surface area contributed by atoms with Crippen molar-refractivity contribution >= 4 is 17.7 Å². The third kappa shape index (κ3) is 3.62. The van der Waals surface area contributed by atoms with Crippen molar-refractivity contribution < 1.29 is 9.90 Å². The molecule has 0 aromatic carbocycles. The van der Waals surface area contributed by atoms with E-state index in [1.54, 1.807) is 0 Å². The summed E-state index contributed by atoms with van der Waals surface area (Å²) in [6.07, 6.45) is 0. The summed E-state index contributed by atoms with van der Waals surface area (Å²) in [6, 6.07) is 0.216. The Morgan fingerprint density at radius 2 is 2.25 bits per heavy atom. The largest absolute Gasteiger partial charge is 0.481 e. The maximum absolute atomic E-state index is 11.8. The molecule has 1 atom stereocenters. The fraction of sp³-hybridized carbons (Fsp3) is 0.727. The quantitative estimate of drug-likeness (QED) is 0.673. The highest BCUT2D eigenvalue weighted by Gasteiger charge is 2.24. The second-order valence-corrected chi connectivity index (χ2v) is 5.94. The molecule has 0 bridgehead atoms. The van der Waals surface area contributed by atoms with Crippen LogP contribution >= 0.6 is 11.8 Å². The first-order chi connectivity index (χ1) is 9.47. The molecule has 1 unspecified atom stereocenters. The van der Waals surface area contributed by atoms with Crippen molar-refractivity contribution in [2.24, 2.45) is 0 Å². The summed E-state index contributed by atoms with van der Waals surface area (Å²) >= 11 is 1.06. The first-order valence-corrected chi connectivity index (χ1v) is 7.34. The lowest BCUT2D eigenvalue weighted by Crippen LogP contribution is -2.52. The van der Waals surface area contributed by atoms with Gasteiger partial charge in [0.05, 0.1) is 5.75 Å². The van der Waals surface area contributed by atoms with Crippen molar-refractivity contribution in [2.75, 3.05) is 39.5 Å². The summed E-state index contributed by atoms with van der Waals surface area (Å²) in [6.45, 7) is 3.34. The van der Waals surface area contributed by atoms with Gasteiger partial charge in [0.2, 0.25) is 0 Å². The molecule has 0 spiro atoms. The number of H-pyrrole nitrogens is 1. The highest BCUT2D eigenvalue weighted by molar-refractivity contribution is 7.99. The normalized spacial score (nSPS) is 21.2. The lowest BCUT2D eigenvalue weighted by molar-refractivity contribution is -0.133. The van der Waals surface area contributed by atoms with Crippen molar-refractivity contribution in [3.05, 3.63) is 10.5 Å². The second kappa shape index (κ2) is 6.42. The Morgan fingerprint density at radius 3 is 2.95 bits per heavy atom. The van der Waals surface area contributed by atoms with E-state index in [2.05, 4.69) is 27.0 Å². The van der Waals surface area contributed by atoms with Crippen molar-refractivity contribution in [1.29, 1.82) is 0 Å². The van der Waals surface area contributed by atoms with Crippen LogP contribution in [-0.2, 0) is 11.3 Å². The van der Waals surface area contributed by atoms with E-state index >= 15 is 0 Å². The number of hydrogen-bond donors (Lipinski definition) is 2. The first kappa shape index (κ1) is 15.1. The van der Waals surface area contributed by atoms with Gasteiger partial charge in [0.1, 0.15) is 0 Å². The number of carboxylic acids is 1. The van der Waals surface area contributed by atoms with Crippen LogP contribution in [0.4, 0.5) is 0 Å². The molecule has 0 radical (unpaired) electrons. The molecule has 9 heteroatoms. The molecule has 0 amide bonds. The number of thioether (sulfide) groups is 1. The second-order valence-electron chi connectivity index (χ2n) is 5.00. The number of likely N-dealkylation sites (N-methyl/N-ethyl adjacent to an activating group) is 2. The Kier molecular flexibility index (Phi) is 4.84. The van der Waals surface area contributed by atoms with Gasteiger partial charge in [-0.1, -0.05) is 11.8 Å². The molecule has 112 valence electrons. The van der Waals surface area contributed by atoms with Gasteiger partial charge in [0, 0.05) is 32.2 Å². The maximum atomic E-state index is 11.8. The van der Waals surface area contributed by atoms with Gasteiger partial charge in [-0.05, 0) is 14.1 Å². The Hall–Kier alpha value is -1.32. The van der Waals surface area contributed by atoms with Crippen molar-refractivity contribution in [3.63, 3.8) is 0 Å². The van der Waals surface area contributed by atoms with Gasteiger partial charge >= 0.3 is 11.7 Å². The molecule has 1 aliphatic heterocycles. The number of aromatic amines is 1. The molecule has 1 saturated heterocycles. The number of aliphatic carboxylic acids is 1. The molecule has 1 fully saturated rings. The molecule has 0 saturated carbocycles. The molecule has 8 nitrogen and oxygen atoms in total. The van der Waals surface area contributed by atoms with Gasteiger partial charge in [0.15, 0.2) is 5.16 Å². The Morgan fingerprint density at radius 1 is 1.50 bits per heavy atom. The first-order valence-electron chi connectivity index (χ1n) is 6.36. The van der Waals surface area contributed by atoms with Crippen LogP contribution in [0.3, 0.4) is 0 Å². The zero-order valence-corrected chi connectivity index (χ0v) is 12.4. The zero-order chi connectivity index (χ0) is 14.7. The molecule has 1 aromatic rings. The lowest BCUT2D eigenvalue weighted by Gasteiger charge is -2.37. The van der Waals surface area contributed by atoms with E-state index in [9.17, 15) is 9.59 Å². The zero-order valence-electron chi connectivity index (χ0n) is 11.6. The van der Waals surface area contributed by atoms with Gasteiger partial charge in [-0.2, -0.15) is 0 Å². The minimum absolute atomic E-state index is 0.106. The fourth-order valence-electron chi connectivity index (χ4n) is 2.21. The minimum Gasteiger partial charge on any atom is -0.481 e. The molecular weight excluding hydrogens is 282 g/mol. The minimum atomic E-state index is -0.925. The molecule has 2 rings (SSSR count). The number of nitrogens with zero attached hydrogens (tertiary/aromatic N) is 4. The summed E-state index contributed by atoms with van der Waals surface area (Å²) in [5, 5.41) is 15.4. The SMILES string of the molecule is CN1CCN(C)C(Cn2c(SCC(=O)O)n[nH]c2=O)C1. The van der Waals surface area contributed by atoms with Crippen LogP contribution in [0.2, 0.25) is 0 Å². The van der Waals surface area contributed by atoms with Crippen LogP contribution in [0.15, 0.2) is 9.95 Å². The lowest BCUT2D eigenvalue weighted by atomic mass is 10.2. The predicted molar refractivity (Wildman–Crippen MR) is 75.1 cm³/mol. The van der Waals surface area contributed by atoms with Crippen molar-refractivity contribution in [3.8, 4) is 0 Å². The van der Waals surface area contributed by atoms with E-state index < -0.39 is 5.97 Å². The number of carbonyl (C=O) groups is 1. The Bertz CT molecular complexity index is 528. The van der Waals surface area contributed by atoms with Gasteiger partial charge in [0.25, 0.3) is 0 Å². The Labute approximate surface area is 120 Å². The molecule has 20 heavy (non-hydrogen) atoms. The Balaban J connectivity index is 2.09.